The largest absolute Gasteiger partial charge is 0.468 e. The van der Waals surface area contributed by atoms with Gasteiger partial charge in [0.05, 0.1) is 7.11 Å². The maximum atomic E-state index is 13.6. The molecule has 0 aliphatic carbocycles. The Morgan fingerprint density at radius 3 is 2.60 bits per heavy atom. The minimum atomic E-state index is -0.490. The standard InChI is InChI=1S/C15H14FNO2S/c1-10(15(18)19-2)20-12-7-5-11(6-8-12)13-4-3-9-17-14(13)16/h3-10H,1-2H3. The molecule has 1 aromatic carbocycles. The van der Waals surface area contributed by atoms with Gasteiger partial charge in [-0.1, -0.05) is 12.1 Å². The van der Waals surface area contributed by atoms with Crippen LogP contribution < -0.4 is 0 Å². The third kappa shape index (κ3) is 3.36. The highest BCUT2D eigenvalue weighted by molar-refractivity contribution is 8.00. The third-order valence-corrected chi connectivity index (χ3v) is 3.86. The summed E-state index contributed by atoms with van der Waals surface area (Å²) in [6.07, 6.45) is 1.42. The SMILES string of the molecule is COC(=O)C(C)Sc1ccc(-c2cccnc2F)cc1. The number of benzene rings is 1. The summed E-state index contributed by atoms with van der Waals surface area (Å²) in [5.41, 5.74) is 1.22. The van der Waals surface area contributed by atoms with Crippen molar-refractivity contribution in [1.29, 1.82) is 0 Å². The highest BCUT2D eigenvalue weighted by Crippen LogP contribution is 2.27. The van der Waals surface area contributed by atoms with Crippen LogP contribution in [0.15, 0.2) is 47.5 Å². The summed E-state index contributed by atoms with van der Waals surface area (Å²) < 4.78 is 18.2. The first kappa shape index (κ1) is 14.5. The molecule has 1 aromatic heterocycles. The van der Waals surface area contributed by atoms with Gasteiger partial charge < -0.3 is 4.74 Å². The molecule has 0 spiro atoms. The first-order chi connectivity index (χ1) is 9.61. The molecule has 1 unspecified atom stereocenters. The molecular formula is C15H14FNO2S. The minimum absolute atomic E-state index is 0.266. The van der Waals surface area contributed by atoms with E-state index in [1.807, 2.05) is 24.3 Å². The molecule has 3 nitrogen and oxygen atoms in total. The van der Waals surface area contributed by atoms with E-state index in [2.05, 4.69) is 9.72 Å². The predicted molar refractivity (Wildman–Crippen MR) is 77.0 cm³/mol. The zero-order chi connectivity index (χ0) is 14.5. The number of ether oxygens (including phenoxy) is 1. The van der Waals surface area contributed by atoms with Crippen molar-refractivity contribution in [3.8, 4) is 11.1 Å². The molecule has 0 aliphatic heterocycles. The third-order valence-electron chi connectivity index (χ3n) is 2.77. The number of aromatic nitrogens is 1. The second-order valence-electron chi connectivity index (χ2n) is 4.15. The Balaban J connectivity index is 2.15. The van der Waals surface area contributed by atoms with E-state index in [-0.39, 0.29) is 11.2 Å². The van der Waals surface area contributed by atoms with Crippen molar-refractivity contribution in [2.45, 2.75) is 17.1 Å². The van der Waals surface area contributed by atoms with E-state index in [0.29, 0.717) is 5.56 Å². The maximum absolute atomic E-state index is 13.6. The van der Waals surface area contributed by atoms with E-state index in [1.165, 1.54) is 25.1 Å². The van der Waals surface area contributed by atoms with Gasteiger partial charge in [-0.05, 0) is 36.8 Å². The fourth-order valence-electron chi connectivity index (χ4n) is 1.73. The molecule has 0 aliphatic rings. The molecule has 0 N–H and O–H groups in total. The fraction of sp³-hybridized carbons (Fsp3) is 0.200. The molecule has 5 heteroatoms. The lowest BCUT2D eigenvalue weighted by Gasteiger charge is -2.09. The highest BCUT2D eigenvalue weighted by atomic mass is 32.2. The number of hydrogen-bond acceptors (Lipinski definition) is 4. The van der Waals surface area contributed by atoms with Crippen LogP contribution in [0, 0.1) is 5.95 Å². The summed E-state index contributed by atoms with van der Waals surface area (Å²) in [6, 6.07) is 10.7. The van der Waals surface area contributed by atoms with E-state index < -0.39 is 5.95 Å². The Kier molecular flexibility index (Phi) is 4.74. The number of halogens is 1. The van der Waals surface area contributed by atoms with Gasteiger partial charge in [-0.25, -0.2) is 4.98 Å². The Morgan fingerprint density at radius 1 is 1.30 bits per heavy atom. The molecule has 0 saturated carbocycles. The molecular weight excluding hydrogens is 277 g/mol. The number of hydrogen-bond donors (Lipinski definition) is 0. The summed E-state index contributed by atoms with van der Waals surface area (Å²) >= 11 is 1.40. The number of carbonyl (C=O) groups excluding carboxylic acids is 1. The van der Waals surface area contributed by atoms with E-state index in [9.17, 15) is 9.18 Å². The van der Waals surface area contributed by atoms with Gasteiger partial charge in [0.2, 0.25) is 5.95 Å². The fourth-order valence-corrected chi connectivity index (χ4v) is 2.63. The van der Waals surface area contributed by atoms with Crippen LogP contribution in [0.25, 0.3) is 11.1 Å². The van der Waals surface area contributed by atoms with E-state index in [4.69, 9.17) is 0 Å². The normalized spacial score (nSPS) is 11.9. The van der Waals surface area contributed by atoms with Crippen molar-refractivity contribution in [3.63, 3.8) is 0 Å². The van der Waals surface area contributed by atoms with Crippen molar-refractivity contribution in [2.75, 3.05) is 7.11 Å². The minimum Gasteiger partial charge on any atom is -0.468 e. The topological polar surface area (TPSA) is 39.2 Å². The Labute approximate surface area is 121 Å². The van der Waals surface area contributed by atoms with Crippen LogP contribution in [0.3, 0.4) is 0 Å². The van der Waals surface area contributed by atoms with Gasteiger partial charge in [0.25, 0.3) is 0 Å². The Hall–Kier alpha value is -1.88. The molecule has 0 saturated heterocycles. The van der Waals surface area contributed by atoms with E-state index in [1.54, 1.807) is 19.1 Å². The van der Waals surface area contributed by atoms with Gasteiger partial charge >= 0.3 is 5.97 Å². The number of rotatable bonds is 4. The maximum Gasteiger partial charge on any atom is 0.318 e. The molecule has 0 radical (unpaired) electrons. The van der Waals surface area contributed by atoms with E-state index >= 15 is 0 Å². The van der Waals surface area contributed by atoms with E-state index in [0.717, 1.165) is 10.5 Å². The summed E-state index contributed by atoms with van der Waals surface area (Å²) in [5, 5.41) is -0.277. The molecule has 0 fully saturated rings. The lowest BCUT2D eigenvalue weighted by Crippen LogP contribution is -2.14. The number of nitrogens with zero attached hydrogens (tertiary/aromatic N) is 1. The van der Waals surface area contributed by atoms with Crippen LogP contribution in [0.5, 0.6) is 0 Å². The predicted octanol–water partition coefficient (Wildman–Crippen LogP) is 3.54. The average Bonchev–Trinajstić information content (AvgIpc) is 2.48. The van der Waals surface area contributed by atoms with Crippen molar-refractivity contribution < 1.29 is 13.9 Å². The van der Waals surface area contributed by atoms with Gasteiger partial charge in [0, 0.05) is 16.7 Å². The second-order valence-corrected chi connectivity index (χ2v) is 5.56. The zero-order valence-corrected chi connectivity index (χ0v) is 12.0. The number of thioether (sulfide) groups is 1. The van der Waals surface area contributed by atoms with Gasteiger partial charge in [-0.2, -0.15) is 4.39 Å². The average molecular weight is 291 g/mol. The molecule has 1 atom stereocenters. The van der Waals surface area contributed by atoms with Crippen LogP contribution in [-0.4, -0.2) is 23.3 Å². The molecule has 1 heterocycles. The molecule has 2 rings (SSSR count). The molecule has 2 aromatic rings. The number of pyridine rings is 1. The van der Waals surface area contributed by atoms with Gasteiger partial charge in [0.1, 0.15) is 5.25 Å². The first-order valence-corrected chi connectivity index (χ1v) is 6.95. The van der Waals surface area contributed by atoms with Crippen molar-refractivity contribution in [2.24, 2.45) is 0 Å². The summed E-state index contributed by atoms with van der Waals surface area (Å²) in [6.45, 7) is 1.78. The number of esters is 1. The monoisotopic (exact) mass is 291 g/mol. The molecule has 0 bridgehead atoms. The number of methoxy groups -OCH3 is 1. The van der Waals surface area contributed by atoms with Crippen LogP contribution in [-0.2, 0) is 9.53 Å². The summed E-state index contributed by atoms with van der Waals surface area (Å²) in [7, 11) is 1.37. The first-order valence-electron chi connectivity index (χ1n) is 6.07. The Bertz CT molecular complexity index is 601. The van der Waals surface area contributed by atoms with Crippen LogP contribution in [0.4, 0.5) is 4.39 Å². The quantitative estimate of drug-likeness (QED) is 0.491. The smallest absolute Gasteiger partial charge is 0.318 e. The lowest BCUT2D eigenvalue weighted by molar-refractivity contribution is -0.139. The second kappa shape index (κ2) is 6.52. The summed E-state index contributed by atoms with van der Waals surface area (Å²) in [5.74, 6) is -0.756. The zero-order valence-electron chi connectivity index (χ0n) is 11.2. The highest BCUT2D eigenvalue weighted by Gasteiger charge is 2.14. The van der Waals surface area contributed by atoms with Crippen molar-refractivity contribution >= 4 is 17.7 Å². The van der Waals surface area contributed by atoms with Gasteiger partial charge in [-0.3, -0.25) is 4.79 Å². The van der Waals surface area contributed by atoms with Crippen LogP contribution in [0.1, 0.15) is 6.92 Å². The molecule has 0 amide bonds. The Morgan fingerprint density at radius 2 is 2.00 bits per heavy atom. The van der Waals surface area contributed by atoms with Crippen molar-refractivity contribution in [3.05, 3.63) is 48.5 Å². The number of carbonyl (C=O) groups is 1. The molecule has 104 valence electrons. The van der Waals surface area contributed by atoms with Crippen molar-refractivity contribution in [1.82, 2.24) is 4.98 Å². The van der Waals surface area contributed by atoms with Gasteiger partial charge in [-0.15, -0.1) is 11.8 Å². The van der Waals surface area contributed by atoms with Crippen LogP contribution >= 0.6 is 11.8 Å². The lowest BCUT2D eigenvalue weighted by atomic mass is 10.1. The molecule has 20 heavy (non-hydrogen) atoms. The van der Waals surface area contributed by atoms with Crippen LogP contribution in [0.2, 0.25) is 0 Å². The van der Waals surface area contributed by atoms with Gasteiger partial charge in [0.15, 0.2) is 0 Å². The summed E-state index contributed by atoms with van der Waals surface area (Å²) in [4.78, 5) is 15.9.